The molecule has 24 heavy (non-hydrogen) atoms. The summed E-state index contributed by atoms with van der Waals surface area (Å²) in [5, 5.41) is 0.394. The van der Waals surface area contributed by atoms with Crippen molar-refractivity contribution in [2.45, 2.75) is 38.6 Å². The maximum Gasteiger partial charge on any atom is 0.254 e. The Bertz CT molecular complexity index is 555. The number of benzene rings is 1. The Morgan fingerprint density at radius 2 is 2.21 bits per heavy atom. The van der Waals surface area contributed by atoms with Crippen LogP contribution in [-0.4, -0.2) is 43.7 Å². The number of carbonyl (C=O) groups excluding carboxylic acids is 1. The van der Waals surface area contributed by atoms with Gasteiger partial charge in [-0.2, -0.15) is 0 Å². The van der Waals surface area contributed by atoms with E-state index in [0.717, 1.165) is 32.2 Å². The molecule has 1 aliphatic heterocycles. The number of piperidine rings is 1. The Hall–Kier alpha value is -1.17. The van der Waals surface area contributed by atoms with Crippen LogP contribution in [0, 0.1) is 0 Å². The van der Waals surface area contributed by atoms with Crippen molar-refractivity contribution >= 4 is 29.9 Å². The van der Waals surface area contributed by atoms with Gasteiger partial charge in [-0.25, -0.2) is 0 Å². The van der Waals surface area contributed by atoms with Crippen LogP contribution in [0.5, 0.6) is 11.5 Å². The third-order valence-corrected chi connectivity index (χ3v) is 4.25. The molecule has 136 valence electrons. The highest BCUT2D eigenvalue weighted by Gasteiger charge is 2.24. The van der Waals surface area contributed by atoms with E-state index in [1.54, 1.807) is 24.1 Å². The zero-order valence-electron chi connectivity index (χ0n) is 14.2. The van der Waals surface area contributed by atoms with Crippen LogP contribution in [0.3, 0.4) is 0 Å². The Balaban J connectivity index is 0.00000288. The van der Waals surface area contributed by atoms with E-state index in [9.17, 15) is 4.79 Å². The molecule has 0 bridgehead atoms. The van der Waals surface area contributed by atoms with Crippen molar-refractivity contribution in [2.24, 2.45) is 5.73 Å². The smallest absolute Gasteiger partial charge is 0.254 e. The molecular weight excluding hydrogens is 351 g/mol. The molecule has 1 heterocycles. The van der Waals surface area contributed by atoms with Crippen molar-refractivity contribution < 1.29 is 14.3 Å². The first kappa shape index (κ1) is 20.9. The van der Waals surface area contributed by atoms with Crippen molar-refractivity contribution in [3.63, 3.8) is 0 Å². The molecule has 2 rings (SSSR count). The van der Waals surface area contributed by atoms with Gasteiger partial charge >= 0.3 is 0 Å². The van der Waals surface area contributed by atoms with Crippen LogP contribution in [0.4, 0.5) is 0 Å². The standard InChI is InChI=1S/C17H25ClN2O3.ClH/c1-3-4-8-23-16-14(18)9-12(10-15(16)22-2)17(21)20-7-5-6-13(19)11-20;/h9-10,13H,3-8,11,19H2,1-2H3;1H. The third-order valence-electron chi connectivity index (χ3n) is 3.97. The van der Waals surface area contributed by atoms with Gasteiger partial charge in [-0.1, -0.05) is 24.9 Å². The van der Waals surface area contributed by atoms with Gasteiger partial charge in [0.1, 0.15) is 0 Å². The van der Waals surface area contributed by atoms with Crippen LogP contribution in [0.1, 0.15) is 43.0 Å². The minimum absolute atomic E-state index is 0. The number of hydrogen-bond acceptors (Lipinski definition) is 4. The summed E-state index contributed by atoms with van der Waals surface area (Å²) >= 11 is 6.30. The van der Waals surface area contributed by atoms with Gasteiger partial charge in [0, 0.05) is 24.7 Å². The Kier molecular flexibility index (Phi) is 8.67. The quantitative estimate of drug-likeness (QED) is 0.771. The van der Waals surface area contributed by atoms with Crippen LogP contribution >= 0.6 is 24.0 Å². The Labute approximate surface area is 154 Å². The van der Waals surface area contributed by atoms with E-state index in [-0.39, 0.29) is 24.4 Å². The summed E-state index contributed by atoms with van der Waals surface area (Å²) in [5.41, 5.74) is 6.46. The van der Waals surface area contributed by atoms with E-state index >= 15 is 0 Å². The first-order valence-corrected chi connectivity index (χ1v) is 8.49. The summed E-state index contributed by atoms with van der Waals surface area (Å²) in [5.74, 6) is 0.910. The molecule has 1 aliphatic rings. The van der Waals surface area contributed by atoms with Gasteiger partial charge in [0.15, 0.2) is 11.5 Å². The molecule has 7 heteroatoms. The van der Waals surface area contributed by atoms with Gasteiger partial charge in [-0.15, -0.1) is 12.4 Å². The minimum atomic E-state index is -0.0690. The van der Waals surface area contributed by atoms with Crippen molar-refractivity contribution in [3.05, 3.63) is 22.7 Å². The number of hydrogen-bond donors (Lipinski definition) is 1. The summed E-state index contributed by atoms with van der Waals surface area (Å²) in [7, 11) is 1.55. The molecule has 1 aromatic carbocycles. The van der Waals surface area contributed by atoms with E-state index < -0.39 is 0 Å². The monoisotopic (exact) mass is 376 g/mol. The van der Waals surface area contributed by atoms with Gasteiger partial charge in [0.25, 0.3) is 5.91 Å². The van der Waals surface area contributed by atoms with Crippen LogP contribution in [-0.2, 0) is 0 Å². The first-order chi connectivity index (χ1) is 11.1. The maximum absolute atomic E-state index is 12.7. The predicted molar refractivity (Wildman–Crippen MR) is 98.8 cm³/mol. The molecule has 0 aliphatic carbocycles. The van der Waals surface area contributed by atoms with Gasteiger partial charge in [-0.3, -0.25) is 4.79 Å². The molecule has 0 saturated carbocycles. The number of rotatable bonds is 6. The zero-order valence-corrected chi connectivity index (χ0v) is 15.8. The number of amides is 1. The Morgan fingerprint density at radius 1 is 1.46 bits per heavy atom. The van der Waals surface area contributed by atoms with Crippen LogP contribution in [0.2, 0.25) is 5.02 Å². The average Bonchev–Trinajstić information content (AvgIpc) is 2.55. The fraction of sp³-hybridized carbons (Fsp3) is 0.588. The number of nitrogens with two attached hydrogens (primary N) is 1. The van der Waals surface area contributed by atoms with Crippen molar-refractivity contribution in [1.29, 1.82) is 0 Å². The lowest BCUT2D eigenvalue weighted by Crippen LogP contribution is -2.45. The fourth-order valence-corrected chi connectivity index (χ4v) is 2.94. The number of likely N-dealkylation sites (tertiary alicyclic amines) is 1. The lowest BCUT2D eigenvalue weighted by molar-refractivity contribution is 0.0708. The number of halogens is 2. The highest BCUT2D eigenvalue weighted by Crippen LogP contribution is 2.37. The second-order valence-corrected chi connectivity index (χ2v) is 6.25. The molecule has 2 N–H and O–H groups in total. The lowest BCUT2D eigenvalue weighted by Gasteiger charge is -2.31. The summed E-state index contributed by atoms with van der Waals surface area (Å²) in [6, 6.07) is 3.38. The van der Waals surface area contributed by atoms with Crippen molar-refractivity contribution in [3.8, 4) is 11.5 Å². The molecule has 1 fully saturated rings. The molecule has 1 amide bonds. The summed E-state index contributed by atoms with van der Waals surface area (Å²) in [4.78, 5) is 14.4. The van der Waals surface area contributed by atoms with E-state index in [1.807, 2.05) is 0 Å². The van der Waals surface area contributed by atoms with Gasteiger partial charge in [0.05, 0.1) is 18.7 Å². The fourth-order valence-electron chi connectivity index (χ4n) is 2.68. The SMILES string of the molecule is CCCCOc1c(Cl)cc(C(=O)N2CCCC(N)C2)cc1OC.Cl. The first-order valence-electron chi connectivity index (χ1n) is 8.12. The molecular formula is C17H26Cl2N2O3. The summed E-state index contributed by atoms with van der Waals surface area (Å²) in [6.07, 6.45) is 3.85. The second kappa shape index (κ2) is 9.97. The number of methoxy groups -OCH3 is 1. The highest BCUT2D eigenvalue weighted by molar-refractivity contribution is 6.32. The molecule has 1 unspecified atom stereocenters. The van der Waals surface area contributed by atoms with Gasteiger partial charge in [0.2, 0.25) is 0 Å². The molecule has 5 nitrogen and oxygen atoms in total. The molecule has 0 aromatic heterocycles. The molecule has 0 radical (unpaired) electrons. The maximum atomic E-state index is 12.7. The molecule has 0 spiro atoms. The van der Waals surface area contributed by atoms with Crippen LogP contribution in [0.15, 0.2) is 12.1 Å². The number of carbonyl (C=O) groups is 1. The largest absolute Gasteiger partial charge is 0.493 e. The topological polar surface area (TPSA) is 64.8 Å². The van der Waals surface area contributed by atoms with Gasteiger partial charge in [-0.05, 0) is 31.4 Å². The second-order valence-electron chi connectivity index (χ2n) is 5.84. The van der Waals surface area contributed by atoms with E-state index in [4.69, 9.17) is 26.8 Å². The molecule has 1 atom stereocenters. The minimum Gasteiger partial charge on any atom is -0.493 e. The van der Waals surface area contributed by atoms with E-state index in [1.165, 1.54) is 0 Å². The van der Waals surface area contributed by atoms with Crippen LogP contribution < -0.4 is 15.2 Å². The van der Waals surface area contributed by atoms with Crippen LogP contribution in [0.25, 0.3) is 0 Å². The van der Waals surface area contributed by atoms with Gasteiger partial charge < -0.3 is 20.1 Å². The lowest BCUT2D eigenvalue weighted by atomic mass is 10.1. The summed E-state index contributed by atoms with van der Waals surface area (Å²) < 4.78 is 11.0. The molecule has 1 aromatic rings. The zero-order chi connectivity index (χ0) is 16.8. The number of unbranched alkanes of at least 4 members (excludes halogenated alkanes) is 1. The Morgan fingerprint density at radius 3 is 2.83 bits per heavy atom. The highest BCUT2D eigenvalue weighted by atomic mass is 35.5. The van der Waals surface area contributed by atoms with Crippen molar-refractivity contribution in [2.75, 3.05) is 26.8 Å². The van der Waals surface area contributed by atoms with Crippen molar-refractivity contribution in [1.82, 2.24) is 4.90 Å². The molecule has 1 saturated heterocycles. The van der Waals surface area contributed by atoms with E-state index in [0.29, 0.717) is 35.2 Å². The predicted octanol–water partition coefficient (Wildman–Crippen LogP) is 3.51. The summed E-state index contributed by atoms with van der Waals surface area (Å²) in [6.45, 7) is 3.96. The van der Waals surface area contributed by atoms with E-state index in [2.05, 4.69) is 6.92 Å². The number of nitrogens with zero attached hydrogens (tertiary/aromatic N) is 1. The third kappa shape index (κ3) is 5.16. The average molecular weight is 377 g/mol. The number of ether oxygens (including phenoxy) is 2. The normalized spacial score (nSPS) is 17.2.